The molecule has 1 aliphatic heterocycles. The summed E-state index contributed by atoms with van der Waals surface area (Å²) in [6, 6.07) is 12.9. The summed E-state index contributed by atoms with van der Waals surface area (Å²) in [5.74, 6) is 0.878. The van der Waals surface area contributed by atoms with Crippen molar-refractivity contribution in [2.45, 2.75) is 23.8 Å². The van der Waals surface area contributed by atoms with Gasteiger partial charge in [0.2, 0.25) is 10.0 Å². The lowest BCUT2D eigenvalue weighted by molar-refractivity contribution is 0.246. The van der Waals surface area contributed by atoms with E-state index < -0.39 is 10.0 Å². The van der Waals surface area contributed by atoms with Crippen molar-refractivity contribution in [3.05, 3.63) is 48.0 Å². The summed E-state index contributed by atoms with van der Waals surface area (Å²) >= 11 is 0. The first-order valence-corrected chi connectivity index (χ1v) is 11.6. The molecule has 1 unspecified atom stereocenters. The number of benzene rings is 2. The van der Waals surface area contributed by atoms with Crippen molar-refractivity contribution < 1.29 is 17.9 Å². The van der Waals surface area contributed by atoms with E-state index in [1.807, 2.05) is 14.1 Å². The van der Waals surface area contributed by atoms with Crippen molar-refractivity contribution in [2.24, 2.45) is 0 Å². The Hall–Kier alpha value is -2.29. The lowest BCUT2D eigenvalue weighted by Crippen LogP contribution is -2.36. The third-order valence-corrected chi connectivity index (χ3v) is 6.93. The minimum absolute atomic E-state index is 0.0152. The largest absolute Gasteiger partial charge is 0.493 e. The van der Waals surface area contributed by atoms with Crippen LogP contribution in [0.4, 0.5) is 5.69 Å². The molecule has 164 valence electrons. The van der Waals surface area contributed by atoms with Crippen LogP contribution in [0.25, 0.3) is 0 Å². The zero-order chi connectivity index (χ0) is 21.7. The second-order valence-electron chi connectivity index (χ2n) is 7.61. The SMILES string of the molecule is COc1ccc(S(=O)(=O)NCC(c2ccc(N(C)C)cc2)N2CCCC2)cc1OC. The molecule has 1 N–H and O–H groups in total. The maximum absolute atomic E-state index is 13.0. The summed E-state index contributed by atoms with van der Waals surface area (Å²) in [6.07, 6.45) is 2.27. The molecule has 0 spiro atoms. The van der Waals surface area contributed by atoms with Crippen LogP contribution in [0.3, 0.4) is 0 Å². The van der Waals surface area contributed by atoms with Gasteiger partial charge in [-0.15, -0.1) is 0 Å². The molecule has 0 bridgehead atoms. The van der Waals surface area contributed by atoms with Crippen molar-refractivity contribution >= 4 is 15.7 Å². The Kier molecular flexibility index (Phi) is 7.23. The fourth-order valence-electron chi connectivity index (χ4n) is 3.76. The molecule has 3 rings (SSSR count). The summed E-state index contributed by atoms with van der Waals surface area (Å²) in [4.78, 5) is 4.55. The van der Waals surface area contributed by atoms with Gasteiger partial charge in [0.25, 0.3) is 0 Å². The van der Waals surface area contributed by atoms with Gasteiger partial charge in [0, 0.05) is 38.4 Å². The molecular weight excluding hydrogens is 402 g/mol. The highest BCUT2D eigenvalue weighted by Gasteiger charge is 2.26. The monoisotopic (exact) mass is 433 g/mol. The van der Waals surface area contributed by atoms with Crippen LogP contribution < -0.4 is 19.1 Å². The van der Waals surface area contributed by atoms with Gasteiger partial charge in [0.1, 0.15) is 0 Å². The minimum atomic E-state index is -3.69. The first kappa shape index (κ1) is 22.4. The van der Waals surface area contributed by atoms with E-state index in [-0.39, 0.29) is 10.9 Å². The molecule has 1 heterocycles. The van der Waals surface area contributed by atoms with Gasteiger partial charge in [-0.1, -0.05) is 12.1 Å². The zero-order valence-corrected chi connectivity index (χ0v) is 18.9. The Morgan fingerprint density at radius 3 is 2.20 bits per heavy atom. The number of rotatable bonds is 9. The first-order chi connectivity index (χ1) is 14.4. The van der Waals surface area contributed by atoms with Crippen molar-refractivity contribution in [1.29, 1.82) is 0 Å². The van der Waals surface area contributed by atoms with Crippen LogP contribution in [0, 0.1) is 0 Å². The van der Waals surface area contributed by atoms with Gasteiger partial charge in [-0.3, -0.25) is 4.90 Å². The highest BCUT2D eigenvalue weighted by molar-refractivity contribution is 7.89. The predicted octanol–water partition coefficient (Wildman–Crippen LogP) is 2.89. The Bertz CT molecular complexity index is 939. The molecule has 0 saturated carbocycles. The Labute approximate surface area is 179 Å². The molecule has 8 heteroatoms. The van der Waals surface area contributed by atoms with Gasteiger partial charge in [-0.25, -0.2) is 13.1 Å². The molecule has 1 fully saturated rings. The third-order valence-electron chi connectivity index (χ3n) is 5.51. The van der Waals surface area contributed by atoms with E-state index in [0.717, 1.165) is 37.2 Å². The summed E-state index contributed by atoms with van der Waals surface area (Å²) in [5.41, 5.74) is 2.22. The summed E-state index contributed by atoms with van der Waals surface area (Å²) < 4.78 is 39.2. The minimum Gasteiger partial charge on any atom is -0.493 e. The molecule has 30 heavy (non-hydrogen) atoms. The molecule has 0 aliphatic carbocycles. The number of sulfonamides is 1. The van der Waals surface area contributed by atoms with E-state index in [0.29, 0.717) is 18.0 Å². The maximum atomic E-state index is 13.0. The summed E-state index contributed by atoms with van der Waals surface area (Å²) in [5, 5.41) is 0. The van der Waals surface area contributed by atoms with Crippen molar-refractivity contribution in [3.63, 3.8) is 0 Å². The third kappa shape index (κ3) is 5.06. The van der Waals surface area contributed by atoms with Gasteiger partial charge in [-0.05, 0) is 55.8 Å². The van der Waals surface area contributed by atoms with Crippen LogP contribution in [-0.2, 0) is 10.0 Å². The molecule has 0 amide bonds. The number of hydrogen-bond acceptors (Lipinski definition) is 6. The fourth-order valence-corrected chi connectivity index (χ4v) is 4.81. The average molecular weight is 434 g/mol. The van der Waals surface area contributed by atoms with Gasteiger partial charge in [0.15, 0.2) is 11.5 Å². The predicted molar refractivity (Wildman–Crippen MR) is 119 cm³/mol. The van der Waals surface area contributed by atoms with Crippen LogP contribution in [0.1, 0.15) is 24.4 Å². The Morgan fingerprint density at radius 1 is 1.00 bits per heavy atom. The number of nitrogens with one attached hydrogen (secondary N) is 1. The Balaban J connectivity index is 1.81. The first-order valence-electron chi connectivity index (χ1n) is 10.1. The second kappa shape index (κ2) is 9.68. The standard InChI is InChI=1S/C22H31N3O4S/c1-24(2)18-9-7-17(8-10-18)20(25-13-5-6-14-25)16-23-30(26,27)19-11-12-21(28-3)22(15-19)29-4/h7-12,15,20,23H,5-6,13-14,16H2,1-4H3. The number of ether oxygens (including phenoxy) is 2. The second-order valence-corrected chi connectivity index (χ2v) is 9.38. The van der Waals surface area contributed by atoms with Gasteiger partial charge in [0.05, 0.1) is 19.1 Å². The van der Waals surface area contributed by atoms with Crippen LogP contribution in [0.15, 0.2) is 47.4 Å². The van der Waals surface area contributed by atoms with Crippen molar-refractivity contribution in [1.82, 2.24) is 9.62 Å². The van der Waals surface area contributed by atoms with E-state index in [1.54, 1.807) is 6.07 Å². The Morgan fingerprint density at radius 2 is 1.63 bits per heavy atom. The van der Waals surface area contributed by atoms with Crippen molar-refractivity contribution in [2.75, 3.05) is 52.8 Å². The van der Waals surface area contributed by atoms with Crippen LogP contribution in [-0.4, -0.2) is 61.3 Å². The van der Waals surface area contributed by atoms with Gasteiger partial charge in [-0.2, -0.15) is 0 Å². The highest BCUT2D eigenvalue weighted by atomic mass is 32.2. The highest BCUT2D eigenvalue weighted by Crippen LogP contribution is 2.30. The number of likely N-dealkylation sites (tertiary alicyclic amines) is 1. The number of anilines is 1. The smallest absolute Gasteiger partial charge is 0.240 e. The average Bonchev–Trinajstić information content (AvgIpc) is 3.28. The van der Waals surface area contributed by atoms with Crippen LogP contribution >= 0.6 is 0 Å². The number of nitrogens with zero attached hydrogens (tertiary/aromatic N) is 2. The maximum Gasteiger partial charge on any atom is 0.240 e. The molecule has 2 aromatic rings. The van der Waals surface area contributed by atoms with E-state index in [9.17, 15) is 8.42 Å². The van der Waals surface area contributed by atoms with Gasteiger partial charge >= 0.3 is 0 Å². The lowest BCUT2D eigenvalue weighted by atomic mass is 10.1. The van der Waals surface area contributed by atoms with E-state index in [1.165, 1.54) is 26.4 Å². The summed E-state index contributed by atoms with van der Waals surface area (Å²) in [7, 11) is 3.32. The lowest BCUT2D eigenvalue weighted by Gasteiger charge is -2.28. The van der Waals surface area contributed by atoms with E-state index in [4.69, 9.17) is 9.47 Å². The molecule has 1 saturated heterocycles. The van der Waals surface area contributed by atoms with Crippen molar-refractivity contribution in [3.8, 4) is 11.5 Å². The topological polar surface area (TPSA) is 71.1 Å². The number of methoxy groups -OCH3 is 2. The van der Waals surface area contributed by atoms with Crippen LogP contribution in [0.2, 0.25) is 0 Å². The normalized spacial score (nSPS) is 15.7. The molecule has 1 aliphatic rings. The number of hydrogen-bond donors (Lipinski definition) is 1. The fraction of sp³-hybridized carbons (Fsp3) is 0.455. The van der Waals surface area contributed by atoms with E-state index >= 15 is 0 Å². The molecule has 2 aromatic carbocycles. The molecule has 0 aromatic heterocycles. The van der Waals surface area contributed by atoms with Gasteiger partial charge < -0.3 is 14.4 Å². The molecular formula is C22H31N3O4S. The summed E-state index contributed by atoms with van der Waals surface area (Å²) in [6.45, 7) is 2.24. The zero-order valence-electron chi connectivity index (χ0n) is 18.1. The van der Waals surface area contributed by atoms with E-state index in [2.05, 4.69) is 38.8 Å². The quantitative estimate of drug-likeness (QED) is 0.656. The molecule has 7 nitrogen and oxygen atoms in total. The molecule has 1 atom stereocenters. The van der Waals surface area contributed by atoms with Crippen LogP contribution in [0.5, 0.6) is 11.5 Å². The molecule has 0 radical (unpaired) electrons.